The molecule has 2 rings (SSSR count). The Morgan fingerprint density at radius 2 is 1.80 bits per heavy atom. The van der Waals surface area contributed by atoms with Gasteiger partial charge in [-0.25, -0.2) is 0 Å². The van der Waals surface area contributed by atoms with E-state index in [0.717, 1.165) is 12.8 Å². The first-order chi connectivity index (χ1) is 7.16. The number of hydrogen-bond acceptors (Lipinski definition) is 3. The number of piperidine rings is 1. The molecule has 0 saturated carbocycles. The predicted molar refractivity (Wildman–Crippen MR) is 61.9 cm³/mol. The van der Waals surface area contributed by atoms with E-state index in [-0.39, 0.29) is 6.10 Å². The standard InChI is InChI=1S/C12H24N2O/c1-13(2)6-3-7-14-10-4-5-11(14)9-12(15)8-10/h10-12,15H,3-9H2,1-2H3. The number of fused-ring (bicyclic) bond motifs is 2. The fraction of sp³-hybridized carbons (Fsp3) is 1.00. The van der Waals surface area contributed by atoms with E-state index in [4.69, 9.17) is 0 Å². The molecule has 15 heavy (non-hydrogen) atoms. The molecule has 0 aromatic rings. The van der Waals surface area contributed by atoms with Gasteiger partial charge in [-0.15, -0.1) is 0 Å². The van der Waals surface area contributed by atoms with Crippen LogP contribution in [0.25, 0.3) is 0 Å². The molecule has 0 aromatic carbocycles. The summed E-state index contributed by atoms with van der Waals surface area (Å²) < 4.78 is 0. The van der Waals surface area contributed by atoms with Crippen molar-refractivity contribution in [1.82, 2.24) is 9.80 Å². The topological polar surface area (TPSA) is 26.7 Å². The summed E-state index contributed by atoms with van der Waals surface area (Å²) in [6.07, 6.45) is 5.88. The lowest BCUT2D eigenvalue weighted by atomic mass is 10.00. The lowest BCUT2D eigenvalue weighted by Crippen LogP contribution is -2.45. The summed E-state index contributed by atoms with van der Waals surface area (Å²) in [5.41, 5.74) is 0. The van der Waals surface area contributed by atoms with Crippen LogP contribution in [0.5, 0.6) is 0 Å². The maximum atomic E-state index is 9.69. The van der Waals surface area contributed by atoms with Gasteiger partial charge in [0.25, 0.3) is 0 Å². The Kier molecular flexibility index (Phi) is 3.65. The minimum Gasteiger partial charge on any atom is -0.393 e. The van der Waals surface area contributed by atoms with E-state index in [9.17, 15) is 5.11 Å². The Labute approximate surface area is 93.1 Å². The number of nitrogens with zero attached hydrogens (tertiary/aromatic N) is 2. The van der Waals surface area contributed by atoms with E-state index in [0.29, 0.717) is 12.1 Å². The first kappa shape index (κ1) is 11.4. The molecule has 2 unspecified atom stereocenters. The van der Waals surface area contributed by atoms with E-state index in [1.165, 1.54) is 32.4 Å². The summed E-state index contributed by atoms with van der Waals surface area (Å²) in [6, 6.07) is 1.36. The second kappa shape index (κ2) is 4.81. The monoisotopic (exact) mass is 212 g/mol. The van der Waals surface area contributed by atoms with Crippen LogP contribution in [0.2, 0.25) is 0 Å². The molecule has 0 spiro atoms. The molecule has 2 aliphatic rings. The van der Waals surface area contributed by atoms with Crippen molar-refractivity contribution < 1.29 is 5.11 Å². The third-order valence-corrected chi connectivity index (χ3v) is 3.88. The summed E-state index contributed by atoms with van der Waals surface area (Å²) in [6.45, 7) is 2.40. The molecule has 1 N–H and O–H groups in total. The van der Waals surface area contributed by atoms with Gasteiger partial charge in [0.1, 0.15) is 0 Å². The van der Waals surface area contributed by atoms with Crippen LogP contribution >= 0.6 is 0 Å². The fourth-order valence-electron chi connectivity index (χ4n) is 3.18. The van der Waals surface area contributed by atoms with Crippen molar-refractivity contribution in [2.45, 2.75) is 50.3 Å². The highest BCUT2D eigenvalue weighted by molar-refractivity contribution is 4.94. The third-order valence-electron chi connectivity index (χ3n) is 3.88. The van der Waals surface area contributed by atoms with E-state index in [1.807, 2.05) is 0 Å². The Balaban J connectivity index is 1.78. The minimum atomic E-state index is -0.0207. The van der Waals surface area contributed by atoms with Crippen LogP contribution in [0.1, 0.15) is 32.1 Å². The first-order valence-corrected chi connectivity index (χ1v) is 6.25. The lowest BCUT2D eigenvalue weighted by Gasteiger charge is -2.37. The van der Waals surface area contributed by atoms with Gasteiger partial charge in [-0.1, -0.05) is 0 Å². The second-order valence-corrected chi connectivity index (χ2v) is 5.40. The van der Waals surface area contributed by atoms with Crippen LogP contribution < -0.4 is 0 Å². The maximum Gasteiger partial charge on any atom is 0.0570 e. The van der Waals surface area contributed by atoms with E-state index in [1.54, 1.807) is 0 Å². The minimum absolute atomic E-state index is 0.0207. The SMILES string of the molecule is CN(C)CCCN1C2CCC1CC(O)C2. The predicted octanol–water partition coefficient (Wildman–Crippen LogP) is 0.926. The molecule has 0 aliphatic carbocycles. The van der Waals surface area contributed by atoms with Gasteiger partial charge in [-0.05, 0) is 59.3 Å². The highest BCUT2D eigenvalue weighted by Crippen LogP contribution is 2.35. The van der Waals surface area contributed by atoms with Crippen molar-refractivity contribution >= 4 is 0 Å². The number of rotatable bonds is 4. The summed E-state index contributed by atoms with van der Waals surface area (Å²) >= 11 is 0. The lowest BCUT2D eigenvalue weighted by molar-refractivity contribution is 0.0341. The molecule has 2 fully saturated rings. The van der Waals surface area contributed by atoms with Gasteiger partial charge in [-0.2, -0.15) is 0 Å². The molecule has 2 heterocycles. The smallest absolute Gasteiger partial charge is 0.0570 e. The quantitative estimate of drug-likeness (QED) is 0.751. The maximum absolute atomic E-state index is 9.69. The largest absolute Gasteiger partial charge is 0.393 e. The van der Waals surface area contributed by atoms with Gasteiger partial charge in [0.15, 0.2) is 0 Å². The average Bonchev–Trinajstić information content (AvgIpc) is 2.42. The zero-order chi connectivity index (χ0) is 10.8. The van der Waals surface area contributed by atoms with Crippen molar-refractivity contribution in [3.63, 3.8) is 0 Å². The van der Waals surface area contributed by atoms with Gasteiger partial charge < -0.3 is 10.0 Å². The van der Waals surface area contributed by atoms with Gasteiger partial charge in [0, 0.05) is 12.1 Å². The molecule has 0 radical (unpaired) electrons. The summed E-state index contributed by atoms with van der Waals surface area (Å²) in [4.78, 5) is 4.90. The molecule has 0 amide bonds. The Hall–Kier alpha value is -0.120. The molecule has 2 aliphatic heterocycles. The van der Waals surface area contributed by atoms with Crippen molar-refractivity contribution in [3.8, 4) is 0 Å². The van der Waals surface area contributed by atoms with Crippen LogP contribution in [0, 0.1) is 0 Å². The van der Waals surface area contributed by atoms with Crippen LogP contribution in [-0.2, 0) is 0 Å². The van der Waals surface area contributed by atoms with E-state index < -0.39 is 0 Å². The van der Waals surface area contributed by atoms with Crippen LogP contribution in [0.3, 0.4) is 0 Å². The molecule has 2 bridgehead atoms. The number of hydrogen-bond donors (Lipinski definition) is 1. The molecule has 88 valence electrons. The zero-order valence-electron chi connectivity index (χ0n) is 10.0. The summed E-state index contributed by atoms with van der Waals surface area (Å²) in [5, 5.41) is 9.69. The summed E-state index contributed by atoms with van der Waals surface area (Å²) in [7, 11) is 4.27. The zero-order valence-corrected chi connectivity index (χ0v) is 10.0. The normalized spacial score (nSPS) is 36.4. The van der Waals surface area contributed by atoms with E-state index in [2.05, 4.69) is 23.9 Å². The third kappa shape index (κ3) is 2.71. The molecule has 3 nitrogen and oxygen atoms in total. The molecule has 0 aromatic heterocycles. The van der Waals surface area contributed by atoms with Crippen molar-refractivity contribution in [3.05, 3.63) is 0 Å². The molecule has 3 heteroatoms. The highest BCUT2D eigenvalue weighted by Gasteiger charge is 2.39. The van der Waals surface area contributed by atoms with Crippen LogP contribution in [-0.4, -0.2) is 60.3 Å². The highest BCUT2D eigenvalue weighted by atomic mass is 16.3. The molecule has 2 atom stereocenters. The van der Waals surface area contributed by atoms with Crippen molar-refractivity contribution in [2.24, 2.45) is 0 Å². The summed E-state index contributed by atoms with van der Waals surface area (Å²) in [5.74, 6) is 0. The van der Waals surface area contributed by atoms with Crippen LogP contribution in [0.15, 0.2) is 0 Å². The molecule has 2 saturated heterocycles. The molecular weight excluding hydrogens is 188 g/mol. The van der Waals surface area contributed by atoms with Gasteiger partial charge in [0.2, 0.25) is 0 Å². The van der Waals surface area contributed by atoms with Gasteiger partial charge >= 0.3 is 0 Å². The fourth-order valence-corrected chi connectivity index (χ4v) is 3.18. The first-order valence-electron chi connectivity index (χ1n) is 6.25. The van der Waals surface area contributed by atoms with Crippen molar-refractivity contribution in [2.75, 3.05) is 27.2 Å². The molecular formula is C12H24N2O. The van der Waals surface area contributed by atoms with Crippen LogP contribution in [0.4, 0.5) is 0 Å². The van der Waals surface area contributed by atoms with Gasteiger partial charge in [0.05, 0.1) is 6.10 Å². The number of aliphatic hydroxyl groups excluding tert-OH is 1. The van der Waals surface area contributed by atoms with Crippen molar-refractivity contribution in [1.29, 1.82) is 0 Å². The Morgan fingerprint density at radius 1 is 1.20 bits per heavy atom. The Bertz CT molecular complexity index is 194. The average molecular weight is 212 g/mol. The number of aliphatic hydroxyl groups is 1. The Morgan fingerprint density at radius 3 is 2.33 bits per heavy atom. The van der Waals surface area contributed by atoms with E-state index >= 15 is 0 Å². The van der Waals surface area contributed by atoms with Gasteiger partial charge in [-0.3, -0.25) is 4.90 Å². The second-order valence-electron chi connectivity index (χ2n) is 5.40.